The van der Waals surface area contributed by atoms with Gasteiger partial charge in [-0.15, -0.1) is 0 Å². The average Bonchev–Trinajstić information content (AvgIpc) is 2.28. The maximum Gasteiger partial charge on any atom is 0.335 e. The number of carboxylic acids is 1. The average molecular weight is 343 g/mol. The Balaban J connectivity index is 0.000000304. The van der Waals surface area contributed by atoms with Crippen molar-refractivity contribution >= 4 is 25.7 Å². The Morgan fingerprint density at radius 1 is 1.24 bits per heavy atom. The van der Waals surface area contributed by atoms with E-state index >= 15 is 0 Å². The van der Waals surface area contributed by atoms with Crippen LogP contribution in [0.25, 0.3) is 0 Å². The Morgan fingerprint density at radius 2 is 1.76 bits per heavy atom. The predicted octanol–water partition coefficient (Wildman–Crippen LogP) is 3.90. The minimum atomic E-state index is -0.879. The number of hydrogen-bond acceptors (Lipinski definition) is 1. The van der Waals surface area contributed by atoms with Crippen molar-refractivity contribution in [3.05, 3.63) is 35.9 Å². The maximum absolute atomic E-state index is 10.2. The Labute approximate surface area is 112 Å². The molecule has 0 unspecified atom stereocenters. The van der Waals surface area contributed by atoms with E-state index in [1.54, 1.807) is 34.8 Å². The molecule has 0 amide bonds. The van der Waals surface area contributed by atoms with E-state index in [2.05, 4.69) is 23.7 Å². The summed E-state index contributed by atoms with van der Waals surface area (Å²) in [5.74, 6) is 0.0599. The van der Waals surface area contributed by atoms with E-state index in [4.69, 9.17) is 5.11 Å². The van der Waals surface area contributed by atoms with Gasteiger partial charge in [0, 0.05) is 0 Å². The van der Waals surface area contributed by atoms with Crippen LogP contribution in [0, 0.1) is 5.92 Å². The molecule has 0 saturated carbocycles. The second-order valence-electron chi connectivity index (χ2n) is 5.04. The van der Waals surface area contributed by atoms with Gasteiger partial charge >= 0.3 is 66.2 Å². The molecule has 1 N–H and O–H groups in total. The molecule has 0 atom stereocenters. The largest absolute Gasteiger partial charge is 0.478 e. The van der Waals surface area contributed by atoms with E-state index < -0.39 is 25.7 Å². The Morgan fingerprint density at radius 3 is 2.00 bits per heavy atom. The molecular weight excluding hydrogens is 319 g/mol. The first-order chi connectivity index (χ1) is 7.93. The quantitative estimate of drug-likeness (QED) is 0.842. The molecule has 0 spiro atoms. The molecule has 1 aromatic carbocycles. The van der Waals surface area contributed by atoms with Crippen molar-refractivity contribution in [2.45, 2.75) is 34.6 Å². The summed E-state index contributed by atoms with van der Waals surface area (Å²) in [6.45, 7) is 4.63. The zero-order valence-electron chi connectivity index (χ0n) is 11.3. The van der Waals surface area contributed by atoms with E-state index in [1.807, 2.05) is 0 Å². The minimum Gasteiger partial charge on any atom is -0.478 e. The Hall–Kier alpha value is -0.511. The maximum atomic E-state index is 10.2. The first kappa shape index (κ1) is 16.5. The van der Waals surface area contributed by atoms with Crippen molar-refractivity contribution in [1.82, 2.24) is 0 Å². The number of rotatable bonds is 4. The van der Waals surface area contributed by atoms with E-state index in [1.165, 1.54) is 6.42 Å². The van der Waals surface area contributed by atoms with Crippen molar-refractivity contribution in [3.63, 3.8) is 0 Å². The Bertz CT molecular complexity index is 299. The summed E-state index contributed by atoms with van der Waals surface area (Å²) < 4.78 is 1.60. The van der Waals surface area contributed by atoms with E-state index in [0.717, 1.165) is 5.92 Å². The van der Waals surface area contributed by atoms with Gasteiger partial charge in [-0.3, -0.25) is 0 Å². The van der Waals surface area contributed by atoms with Crippen LogP contribution < -0.4 is 0 Å². The summed E-state index contributed by atoms with van der Waals surface area (Å²) in [5, 5.41) is 8.38. The first-order valence-electron chi connectivity index (χ1n) is 6.21. The third kappa shape index (κ3) is 10.4. The number of hydrogen-bond donors (Lipinski definition) is 1. The monoisotopic (exact) mass is 344 g/mol. The van der Waals surface area contributed by atoms with Gasteiger partial charge in [-0.1, -0.05) is 18.2 Å². The summed E-state index contributed by atoms with van der Waals surface area (Å²) in [6, 6.07) is 8.30. The molecule has 0 aliphatic rings. The molecule has 0 bridgehead atoms. The van der Waals surface area contributed by atoms with Crippen LogP contribution in [0.5, 0.6) is 0 Å². The number of carbonyl (C=O) groups is 1. The topological polar surface area (TPSA) is 37.3 Å². The Kier molecular flexibility index (Phi) is 9.23. The van der Waals surface area contributed by atoms with Crippen molar-refractivity contribution in [1.29, 1.82) is 0 Å². The number of benzene rings is 1. The third-order valence-electron chi connectivity index (χ3n) is 2.34. The molecule has 0 heterocycles. The van der Waals surface area contributed by atoms with Crippen molar-refractivity contribution in [2.24, 2.45) is 5.92 Å². The van der Waals surface area contributed by atoms with Crippen LogP contribution in [0.1, 0.15) is 30.6 Å². The summed E-state index contributed by atoms with van der Waals surface area (Å²) in [4.78, 5) is 15.2. The molecule has 1 rings (SSSR count). The zero-order valence-corrected chi connectivity index (χ0v) is 14.6. The van der Waals surface area contributed by atoms with Crippen LogP contribution >= 0.6 is 0 Å². The van der Waals surface area contributed by atoms with E-state index in [9.17, 15) is 4.79 Å². The van der Waals surface area contributed by atoms with Crippen LogP contribution in [0.3, 0.4) is 0 Å². The molecule has 0 saturated heterocycles. The fourth-order valence-electron chi connectivity index (χ4n) is 1.25. The smallest absolute Gasteiger partial charge is 0.335 e. The molecule has 96 valence electrons. The van der Waals surface area contributed by atoms with E-state index in [-0.39, 0.29) is 0 Å². The minimum absolute atomic E-state index is 0.331. The normalized spacial score (nSPS) is 10.0. The van der Waals surface area contributed by atoms with Crippen molar-refractivity contribution in [3.8, 4) is 0 Å². The summed E-state index contributed by atoms with van der Waals surface area (Å²) in [7, 11) is 0. The molecule has 0 aliphatic heterocycles. The summed E-state index contributed by atoms with van der Waals surface area (Å²) in [6.07, 6.45) is 1.48. The van der Waals surface area contributed by atoms with Gasteiger partial charge < -0.3 is 5.11 Å². The predicted molar refractivity (Wildman–Crippen MR) is 76.5 cm³/mol. The first-order valence-corrected chi connectivity index (χ1v) is 15.1. The molecule has 1 aromatic rings. The van der Waals surface area contributed by atoms with Crippen LogP contribution in [0.4, 0.5) is 0 Å². The van der Waals surface area contributed by atoms with Crippen molar-refractivity contribution in [2.75, 3.05) is 0 Å². The molecule has 2 nitrogen and oxygen atoms in total. The molecule has 0 aromatic heterocycles. The van der Waals surface area contributed by atoms with Crippen LogP contribution in [0.15, 0.2) is 30.3 Å². The molecule has 0 aliphatic carbocycles. The van der Waals surface area contributed by atoms with Gasteiger partial charge in [0.1, 0.15) is 0 Å². The van der Waals surface area contributed by atoms with Gasteiger partial charge in [-0.2, -0.15) is 0 Å². The molecule has 17 heavy (non-hydrogen) atoms. The van der Waals surface area contributed by atoms with E-state index in [0.29, 0.717) is 5.56 Å². The van der Waals surface area contributed by atoms with Gasteiger partial charge in [0.25, 0.3) is 0 Å². The fourth-order valence-corrected chi connectivity index (χ4v) is 5.05. The number of carboxylic acid groups (broad SMARTS) is 1. The van der Waals surface area contributed by atoms with Crippen LogP contribution in [-0.4, -0.2) is 30.8 Å². The van der Waals surface area contributed by atoms with Gasteiger partial charge in [-0.05, 0) is 12.1 Å². The van der Waals surface area contributed by atoms with Crippen LogP contribution in [-0.2, 0) is 0 Å². The fraction of sp³-hybridized carbons (Fsp3) is 0.500. The van der Waals surface area contributed by atoms with Gasteiger partial charge in [0.15, 0.2) is 0 Å². The van der Waals surface area contributed by atoms with Gasteiger partial charge in [0.2, 0.25) is 0 Å². The molecule has 0 radical (unpaired) electrons. The molecular formula is C14H24O2Sn. The molecule has 0 fully saturated rings. The second kappa shape index (κ2) is 9.51. The van der Waals surface area contributed by atoms with Crippen molar-refractivity contribution < 1.29 is 9.90 Å². The zero-order chi connectivity index (χ0) is 13.3. The third-order valence-corrected chi connectivity index (χ3v) is 6.59. The second-order valence-corrected chi connectivity index (χ2v) is 14.6. The van der Waals surface area contributed by atoms with Gasteiger partial charge in [-0.25, -0.2) is 4.79 Å². The molecule has 3 heteroatoms. The van der Waals surface area contributed by atoms with Gasteiger partial charge in [0.05, 0.1) is 5.56 Å². The number of aromatic carboxylic acids is 1. The summed E-state index contributed by atoms with van der Waals surface area (Å²) >= 11 is -0.797. The SMILES string of the molecule is CC(C)C[CH2][SnH]([CH3])[CH3].O=C(O)c1ccccc1. The standard InChI is InChI=1S/C7H6O2.C5H11.2CH3.Sn.H/c8-7(9)6-4-2-1-3-5-6;1-4-5(2)3;;;;/h1-5H,(H,8,9);5H,1,4H2,2-3H3;2*1H3;;. The summed E-state index contributed by atoms with van der Waals surface area (Å²) in [5.41, 5.74) is 0.331. The van der Waals surface area contributed by atoms with Crippen LogP contribution in [0.2, 0.25) is 14.3 Å².